The molecule has 1 aromatic rings. The summed E-state index contributed by atoms with van der Waals surface area (Å²) in [7, 11) is 0. The molecule has 0 radical (unpaired) electrons. The Morgan fingerprint density at radius 1 is 1.39 bits per heavy atom. The van der Waals surface area contributed by atoms with Crippen LogP contribution in [-0.2, 0) is 11.3 Å². The summed E-state index contributed by atoms with van der Waals surface area (Å²) in [6, 6.07) is 4.38. The van der Waals surface area contributed by atoms with Crippen LogP contribution < -0.4 is 0 Å². The Kier molecular flexibility index (Phi) is 5.96. The first-order chi connectivity index (χ1) is 8.56. The zero-order valence-corrected chi connectivity index (χ0v) is 11.8. The van der Waals surface area contributed by atoms with Gasteiger partial charge in [0, 0.05) is 24.4 Å². The van der Waals surface area contributed by atoms with Crippen LogP contribution in [0, 0.1) is 6.92 Å². The van der Waals surface area contributed by atoms with Crippen LogP contribution in [0.5, 0.6) is 0 Å². The summed E-state index contributed by atoms with van der Waals surface area (Å²) in [5.74, 6) is -0.109. The third kappa shape index (κ3) is 4.21. The van der Waals surface area contributed by atoms with Crippen molar-refractivity contribution in [2.45, 2.75) is 65.3 Å². The van der Waals surface area contributed by atoms with Crippen molar-refractivity contribution in [3.63, 3.8) is 0 Å². The quantitative estimate of drug-likeness (QED) is 0.711. The highest BCUT2D eigenvalue weighted by atomic mass is 16.4. The van der Waals surface area contributed by atoms with Gasteiger partial charge in [-0.3, -0.25) is 4.79 Å². The Labute approximate surface area is 110 Å². The Hall–Kier alpha value is -1.25. The van der Waals surface area contributed by atoms with Crippen LogP contribution >= 0.6 is 0 Å². The van der Waals surface area contributed by atoms with E-state index in [1.54, 1.807) is 0 Å². The van der Waals surface area contributed by atoms with Crippen LogP contribution in [0.15, 0.2) is 12.1 Å². The van der Waals surface area contributed by atoms with Gasteiger partial charge in [0.15, 0.2) is 0 Å². The van der Waals surface area contributed by atoms with Crippen LogP contribution in [0.4, 0.5) is 0 Å². The highest BCUT2D eigenvalue weighted by molar-refractivity contribution is 5.66. The minimum Gasteiger partial charge on any atom is -0.481 e. The zero-order valence-electron chi connectivity index (χ0n) is 11.8. The average Bonchev–Trinajstić information content (AvgIpc) is 2.66. The first-order valence-corrected chi connectivity index (χ1v) is 6.94. The van der Waals surface area contributed by atoms with Crippen LogP contribution in [-0.4, -0.2) is 15.6 Å². The molecule has 1 N–H and O–H groups in total. The molecule has 0 amide bonds. The molecule has 0 aliphatic heterocycles. The fourth-order valence-corrected chi connectivity index (χ4v) is 2.45. The van der Waals surface area contributed by atoms with E-state index in [4.69, 9.17) is 5.11 Å². The largest absolute Gasteiger partial charge is 0.481 e. The zero-order chi connectivity index (χ0) is 13.5. The molecule has 0 aliphatic rings. The highest BCUT2D eigenvalue weighted by Gasteiger charge is 2.11. The molecule has 3 nitrogen and oxygen atoms in total. The molecule has 18 heavy (non-hydrogen) atoms. The maximum Gasteiger partial charge on any atom is 0.303 e. The van der Waals surface area contributed by atoms with E-state index < -0.39 is 5.97 Å². The van der Waals surface area contributed by atoms with Crippen molar-refractivity contribution in [1.29, 1.82) is 0 Å². The van der Waals surface area contributed by atoms with Gasteiger partial charge in [0.25, 0.3) is 0 Å². The number of carbonyl (C=O) groups is 1. The van der Waals surface area contributed by atoms with Crippen molar-refractivity contribution in [2.24, 2.45) is 0 Å². The Balaban J connectivity index is 2.58. The molecular weight excluding hydrogens is 226 g/mol. The van der Waals surface area contributed by atoms with Gasteiger partial charge < -0.3 is 9.67 Å². The van der Waals surface area contributed by atoms with E-state index >= 15 is 0 Å². The first-order valence-electron chi connectivity index (χ1n) is 6.94. The topological polar surface area (TPSA) is 42.2 Å². The molecule has 0 aliphatic carbocycles. The number of carboxylic acid groups (broad SMARTS) is 1. The van der Waals surface area contributed by atoms with Crippen LogP contribution in [0.2, 0.25) is 0 Å². The standard InChI is InChI=1S/C15H25NO2/c1-4-7-12(2)14-10-9-13(3)16(14)11-6-5-8-15(17)18/h9-10,12H,4-8,11H2,1-3H3,(H,17,18). The van der Waals surface area contributed by atoms with Gasteiger partial charge in [-0.25, -0.2) is 0 Å². The lowest BCUT2D eigenvalue weighted by Gasteiger charge is -2.16. The summed E-state index contributed by atoms with van der Waals surface area (Å²) in [4.78, 5) is 10.5. The van der Waals surface area contributed by atoms with E-state index in [-0.39, 0.29) is 6.42 Å². The van der Waals surface area contributed by atoms with Crippen molar-refractivity contribution in [2.75, 3.05) is 0 Å². The van der Waals surface area contributed by atoms with Gasteiger partial charge >= 0.3 is 5.97 Å². The summed E-state index contributed by atoms with van der Waals surface area (Å²) < 4.78 is 2.35. The van der Waals surface area contributed by atoms with Crippen LogP contribution in [0.25, 0.3) is 0 Å². The number of carboxylic acids is 1. The number of hydrogen-bond donors (Lipinski definition) is 1. The minimum atomic E-state index is -0.696. The number of nitrogens with zero attached hydrogens (tertiary/aromatic N) is 1. The Morgan fingerprint density at radius 2 is 2.11 bits per heavy atom. The molecule has 1 aromatic heterocycles. The van der Waals surface area contributed by atoms with Crippen LogP contribution in [0.3, 0.4) is 0 Å². The molecule has 0 saturated carbocycles. The maximum absolute atomic E-state index is 10.5. The summed E-state index contributed by atoms with van der Waals surface area (Å²) in [6.45, 7) is 7.55. The van der Waals surface area contributed by atoms with Crippen molar-refractivity contribution in [3.8, 4) is 0 Å². The number of aliphatic carboxylic acids is 1. The highest BCUT2D eigenvalue weighted by Crippen LogP contribution is 2.23. The van der Waals surface area contributed by atoms with Gasteiger partial charge in [-0.1, -0.05) is 20.3 Å². The van der Waals surface area contributed by atoms with E-state index in [2.05, 4.69) is 37.5 Å². The van der Waals surface area contributed by atoms with Gasteiger partial charge in [0.1, 0.15) is 0 Å². The molecule has 0 bridgehead atoms. The summed E-state index contributed by atoms with van der Waals surface area (Å²) in [5.41, 5.74) is 2.67. The summed E-state index contributed by atoms with van der Waals surface area (Å²) in [6.07, 6.45) is 4.38. The third-order valence-electron chi connectivity index (χ3n) is 3.48. The summed E-state index contributed by atoms with van der Waals surface area (Å²) >= 11 is 0. The Morgan fingerprint density at radius 3 is 2.72 bits per heavy atom. The van der Waals surface area contributed by atoms with E-state index in [1.807, 2.05) is 0 Å². The molecule has 3 heteroatoms. The molecule has 0 spiro atoms. The minimum absolute atomic E-state index is 0.278. The second kappa shape index (κ2) is 7.24. The second-order valence-electron chi connectivity index (χ2n) is 5.09. The number of unbranched alkanes of at least 4 members (excludes halogenated alkanes) is 1. The van der Waals surface area contributed by atoms with Crippen molar-refractivity contribution in [1.82, 2.24) is 4.57 Å². The number of aromatic nitrogens is 1. The SMILES string of the molecule is CCCC(C)c1ccc(C)n1CCCCC(=O)O. The maximum atomic E-state index is 10.5. The van der Waals surface area contributed by atoms with E-state index in [9.17, 15) is 4.79 Å². The second-order valence-corrected chi connectivity index (χ2v) is 5.09. The molecule has 102 valence electrons. The van der Waals surface area contributed by atoms with E-state index in [0.29, 0.717) is 5.92 Å². The predicted molar refractivity (Wildman–Crippen MR) is 74.0 cm³/mol. The van der Waals surface area contributed by atoms with Crippen LogP contribution in [0.1, 0.15) is 63.3 Å². The molecular formula is C15H25NO2. The number of hydrogen-bond acceptors (Lipinski definition) is 1. The Bertz CT molecular complexity index is 382. The lowest BCUT2D eigenvalue weighted by Crippen LogP contribution is -2.08. The fraction of sp³-hybridized carbons (Fsp3) is 0.667. The van der Waals surface area contributed by atoms with Gasteiger partial charge in [0.2, 0.25) is 0 Å². The summed E-state index contributed by atoms with van der Waals surface area (Å²) in [5, 5.41) is 8.63. The van der Waals surface area contributed by atoms with Gasteiger partial charge in [0.05, 0.1) is 0 Å². The van der Waals surface area contributed by atoms with Crippen molar-refractivity contribution in [3.05, 3.63) is 23.5 Å². The van der Waals surface area contributed by atoms with Crippen molar-refractivity contribution < 1.29 is 9.90 Å². The number of aryl methyl sites for hydroxylation is 1. The molecule has 1 heterocycles. The van der Waals surface area contributed by atoms with Gasteiger partial charge in [-0.2, -0.15) is 0 Å². The third-order valence-corrected chi connectivity index (χ3v) is 3.48. The average molecular weight is 251 g/mol. The molecule has 0 fully saturated rings. The molecule has 1 unspecified atom stereocenters. The first kappa shape index (κ1) is 14.8. The monoisotopic (exact) mass is 251 g/mol. The lowest BCUT2D eigenvalue weighted by atomic mass is 10.0. The van der Waals surface area contributed by atoms with E-state index in [0.717, 1.165) is 19.4 Å². The fourth-order valence-electron chi connectivity index (χ4n) is 2.45. The predicted octanol–water partition coefficient (Wildman–Crippen LogP) is 3.96. The molecule has 0 aromatic carbocycles. The van der Waals surface area contributed by atoms with E-state index in [1.165, 1.54) is 24.2 Å². The molecule has 1 rings (SSSR count). The van der Waals surface area contributed by atoms with Gasteiger partial charge in [-0.15, -0.1) is 0 Å². The normalized spacial score (nSPS) is 12.6. The molecule has 1 atom stereocenters. The lowest BCUT2D eigenvalue weighted by molar-refractivity contribution is -0.137. The molecule has 0 saturated heterocycles. The van der Waals surface area contributed by atoms with Crippen molar-refractivity contribution >= 4 is 5.97 Å². The van der Waals surface area contributed by atoms with Gasteiger partial charge in [-0.05, 0) is 44.2 Å². The smallest absolute Gasteiger partial charge is 0.303 e. The number of rotatable bonds is 8.